The molecule has 3 rings (SSSR count). The number of nitrogens with one attached hydrogen (secondary N) is 1. The molecular formula is C17H20N2O5. The predicted octanol–water partition coefficient (Wildman–Crippen LogP) is 1.67. The van der Waals surface area contributed by atoms with Crippen molar-refractivity contribution < 1.29 is 14.5 Å². The molecule has 0 spiro atoms. The first-order valence-electron chi connectivity index (χ1n) is 7.89. The second-order valence-corrected chi connectivity index (χ2v) is 5.80. The fraction of sp³-hybridized carbons (Fsp3) is 0.412. The van der Waals surface area contributed by atoms with Crippen LogP contribution in [0.4, 0.5) is 0 Å². The van der Waals surface area contributed by atoms with Crippen LogP contribution in [0.5, 0.6) is 0 Å². The van der Waals surface area contributed by atoms with Gasteiger partial charge in [0.2, 0.25) is 0 Å². The first-order chi connectivity index (χ1) is 11.6. The van der Waals surface area contributed by atoms with Gasteiger partial charge in [0.15, 0.2) is 0 Å². The number of hydrogen-bond acceptors (Lipinski definition) is 5. The van der Waals surface area contributed by atoms with E-state index in [1.807, 2.05) is 30.3 Å². The van der Waals surface area contributed by atoms with Crippen molar-refractivity contribution in [2.75, 3.05) is 6.61 Å². The van der Waals surface area contributed by atoms with E-state index in [1.54, 1.807) is 6.92 Å². The van der Waals surface area contributed by atoms with Crippen molar-refractivity contribution in [2.24, 2.45) is 0 Å². The molecule has 128 valence electrons. The van der Waals surface area contributed by atoms with Gasteiger partial charge in [-0.25, -0.2) is 14.6 Å². The smallest absolute Gasteiger partial charge is 0.330 e. The van der Waals surface area contributed by atoms with E-state index in [0.29, 0.717) is 25.2 Å². The summed E-state index contributed by atoms with van der Waals surface area (Å²) in [6.45, 7) is 2.32. The van der Waals surface area contributed by atoms with E-state index >= 15 is 0 Å². The fourth-order valence-corrected chi connectivity index (χ4v) is 2.62. The third-order valence-electron chi connectivity index (χ3n) is 3.95. The Morgan fingerprint density at radius 2 is 2.00 bits per heavy atom. The molecule has 1 aliphatic heterocycles. The summed E-state index contributed by atoms with van der Waals surface area (Å²) in [5.41, 5.74) is 0.669. The summed E-state index contributed by atoms with van der Waals surface area (Å²) in [5.74, 6) is 0. The second-order valence-electron chi connectivity index (χ2n) is 5.80. The molecule has 1 fully saturated rings. The number of ether oxygens (including phenoxy) is 1. The summed E-state index contributed by atoms with van der Waals surface area (Å²) in [7, 11) is 0. The van der Waals surface area contributed by atoms with Crippen molar-refractivity contribution >= 4 is 0 Å². The molecule has 0 aliphatic carbocycles. The number of aromatic amines is 1. The van der Waals surface area contributed by atoms with Crippen LogP contribution in [0, 0.1) is 6.92 Å². The molecular weight excluding hydrogens is 312 g/mol. The van der Waals surface area contributed by atoms with E-state index in [1.165, 1.54) is 10.8 Å². The first kappa shape index (κ1) is 16.6. The molecule has 7 heteroatoms. The van der Waals surface area contributed by atoms with Crippen LogP contribution in [-0.2, 0) is 21.1 Å². The minimum Gasteiger partial charge on any atom is -0.352 e. The number of H-pyrrole nitrogens is 1. The standard InChI is InChI=1S/C17H20N2O5/c1-12-9-19(17(21)18-16(12)20)15-8-7-14(24-15)11-23-22-10-13-5-3-2-4-6-13/h2-6,9,14-15H,7-8,10-11H2,1H3,(H,18,20,21)/t14-,15+/m1/s1. The first-order valence-corrected chi connectivity index (χ1v) is 7.89. The zero-order valence-electron chi connectivity index (χ0n) is 13.4. The van der Waals surface area contributed by atoms with Gasteiger partial charge < -0.3 is 4.74 Å². The molecule has 0 bridgehead atoms. The molecule has 1 N–H and O–H groups in total. The van der Waals surface area contributed by atoms with Gasteiger partial charge in [-0.1, -0.05) is 30.3 Å². The maximum atomic E-state index is 11.9. The van der Waals surface area contributed by atoms with E-state index < -0.39 is 11.9 Å². The summed E-state index contributed by atoms with van der Waals surface area (Å²) in [6.07, 6.45) is 2.42. The zero-order chi connectivity index (χ0) is 16.9. The van der Waals surface area contributed by atoms with E-state index in [9.17, 15) is 9.59 Å². The Morgan fingerprint density at radius 3 is 2.79 bits per heavy atom. The Balaban J connectivity index is 1.48. The van der Waals surface area contributed by atoms with Crippen LogP contribution in [-0.4, -0.2) is 22.3 Å². The van der Waals surface area contributed by atoms with Gasteiger partial charge in [-0.15, -0.1) is 0 Å². The average Bonchev–Trinajstić information content (AvgIpc) is 3.04. The zero-order valence-corrected chi connectivity index (χ0v) is 13.4. The van der Waals surface area contributed by atoms with Crippen molar-refractivity contribution in [1.29, 1.82) is 0 Å². The maximum absolute atomic E-state index is 11.9. The Labute approximate surface area is 138 Å². The molecule has 2 heterocycles. The van der Waals surface area contributed by atoms with Crippen molar-refractivity contribution in [3.63, 3.8) is 0 Å². The van der Waals surface area contributed by atoms with Crippen molar-refractivity contribution in [3.05, 3.63) is 68.5 Å². The molecule has 1 saturated heterocycles. The summed E-state index contributed by atoms with van der Waals surface area (Å²) >= 11 is 0. The Hall–Kier alpha value is -2.22. The number of aryl methyl sites for hydroxylation is 1. The summed E-state index contributed by atoms with van der Waals surface area (Å²) < 4.78 is 7.23. The molecule has 0 amide bonds. The van der Waals surface area contributed by atoms with Gasteiger partial charge in [0.1, 0.15) is 19.4 Å². The molecule has 2 aromatic rings. The second kappa shape index (κ2) is 7.57. The molecule has 1 aromatic carbocycles. The maximum Gasteiger partial charge on any atom is 0.330 e. The fourth-order valence-electron chi connectivity index (χ4n) is 2.62. The highest BCUT2D eigenvalue weighted by molar-refractivity contribution is 5.13. The van der Waals surface area contributed by atoms with Gasteiger partial charge in [-0.05, 0) is 25.3 Å². The summed E-state index contributed by atoms with van der Waals surface area (Å²) in [4.78, 5) is 36.0. The van der Waals surface area contributed by atoms with Gasteiger partial charge in [0, 0.05) is 11.8 Å². The van der Waals surface area contributed by atoms with Crippen LogP contribution in [0.25, 0.3) is 0 Å². The largest absolute Gasteiger partial charge is 0.352 e. The molecule has 0 unspecified atom stereocenters. The Morgan fingerprint density at radius 1 is 1.21 bits per heavy atom. The molecule has 2 atom stereocenters. The number of nitrogens with zero attached hydrogens (tertiary/aromatic N) is 1. The number of aromatic nitrogens is 2. The lowest BCUT2D eigenvalue weighted by Crippen LogP contribution is -2.33. The van der Waals surface area contributed by atoms with Gasteiger partial charge in [0.05, 0.1) is 6.10 Å². The van der Waals surface area contributed by atoms with Crippen LogP contribution < -0.4 is 11.2 Å². The van der Waals surface area contributed by atoms with Crippen molar-refractivity contribution in [2.45, 2.75) is 38.7 Å². The van der Waals surface area contributed by atoms with Crippen LogP contribution in [0.2, 0.25) is 0 Å². The molecule has 7 nitrogen and oxygen atoms in total. The molecule has 1 aromatic heterocycles. The van der Waals surface area contributed by atoms with Crippen LogP contribution in [0.1, 0.15) is 30.2 Å². The number of hydrogen-bond donors (Lipinski definition) is 1. The third kappa shape index (κ3) is 4.00. The monoisotopic (exact) mass is 332 g/mol. The normalized spacial score (nSPS) is 20.4. The minimum absolute atomic E-state index is 0.148. The lowest BCUT2D eigenvalue weighted by atomic mass is 10.2. The van der Waals surface area contributed by atoms with E-state index in [4.69, 9.17) is 14.5 Å². The lowest BCUT2D eigenvalue weighted by Gasteiger charge is -2.16. The van der Waals surface area contributed by atoms with E-state index in [-0.39, 0.29) is 11.7 Å². The summed E-state index contributed by atoms with van der Waals surface area (Å²) in [5, 5.41) is 0. The van der Waals surface area contributed by atoms with Crippen LogP contribution >= 0.6 is 0 Å². The molecule has 0 radical (unpaired) electrons. The van der Waals surface area contributed by atoms with Crippen LogP contribution in [0.15, 0.2) is 46.1 Å². The topological polar surface area (TPSA) is 82.6 Å². The van der Waals surface area contributed by atoms with Crippen molar-refractivity contribution in [3.8, 4) is 0 Å². The molecule has 0 saturated carbocycles. The average molecular weight is 332 g/mol. The minimum atomic E-state index is -0.461. The SMILES string of the molecule is Cc1cn([C@@H]2CC[C@H](COOCc3ccccc3)O2)c(=O)[nH]c1=O. The van der Waals surface area contributed by atoms with Gasteiger partial charge in [-0.2, -0.15) is 0 Å². The molecule has 24 heavy (non-hydrogen) atoms. The van der Waals surface area contributed by atoms with Crippen molar-refractivity contribution in [1.82, 2.24) is 9.55 Å². The highest BCUT2D eigenvalue weighted by Crippen LogP contribution is 2.27. The van der Waals surface area contributed by atoms with Gasteiger partial charge >= 0.3 is 5.69 Å². The highest BCUT2D eigenvalue weighted by atomic mass is 17.2. The predicted molar refractivity (Wildman–Crippen MR) is 86.4 cm³/mol. The highest BCUT2D eigenvalue weighted by Gasteiger charge is 2.28. The number of rotatable bonds is 6. The Kier molecular flexibility index (Phi) is 5.24. The van der Waals surface area contributed by atoms with Gasteiger partial charge in [-0.3, -0.25) is 14.3 Å². The summed E-state index contributed by atoms with van der Waals surface area (Å²) in [6, 6.07) is 9.73. The van der Waals surface area contributed by atoms with E-state index in [0.717, 1.165) is 12.0 Å². The molecule has 1 aliphatic rings. The Bertz CT molecular complexity index is 784. The van der Waals surface area contributed by atoms with E-state index in [2.05, 4.69) is 4.98 Å². The quantitative estimate of drug-likeness (QED) is 0.494. The number of benzene rings is 1. The third-order valence-corrected chi connectivity index (χ3v) is 3.95. The van der Waals surface area contributed by atoms with Gasteiger partial charge in [0.25, 0.3) is 5.56 Å². The van der Waals surface area contributed by atoms with Crippen LogP contribution in [0.3, 0.4) is 0 Å². The lowest BCUT2D eigenvalue weighted by molar-refractivity contribution is -0.315.